The van der Waals surface area contributed by atoms with E-state index in [-0.39, 0.29) is 18.5 Å². The van der Waals surface area contributed by atoms with Crippen LogP contribution < -0.4 is 0 Å². The molecule has 6 nitrogen and oxygen atoms in total. The number of hydrogen-bond donors (Lipinski definition) is 1. The van der Waals surface area contributed by atoms with Gasteiger partial charge in [-0.15, -0.1) is 0 Å². The smallest absolute Gasteiger partial charge is 0.308 e. The van der Waals surface area contributed by atoms with Crippen molar-refractivity contribution in [3.8, 4) is 0 Å². The molecule has 1 atom stereocenters. The number of amides is 1. The van der Waals surface area contributed by atoms with E-state index in [0.717, 1.165) is 29.8 Å². The van der Waals surface area contributed by atoms with E-state index in [0.29, 0.717) is 12.1 Å². The maximum absolute atomic E-state index is 12.8. The molecule has 1 fully saturated rings. The molecule has 0 unspecified atom stereocenters. The fourth-order valence-electron chi connectivity index (χ4n) is 3.08. The van der Waals surface area contributed by atoms with Crippen molar-refractivity contribution in [2.75, 3.05) is 6.54 Å². The normalized spacial score (nSPS) is 14.9. The number of carboxylic acids is 1. The molecular formula is C20H25N3O3. The molecule has 1 N–H and O–H groups in total. The zero-order chi connectivity index (χ0) is 18.8. The van der Waals surface area contributed by atoms with Crippen molar-refractivity contribution < 1.29 is 14.7 Å². The molecule has 0 radical (unpaired) electrons. The Hall–Kier alpha value is -2.63. The molecule has 0 aliphatic heterocycles. The molecule has 0 saturated heterocycles. The first-order valence-corrected chi connectivity index (χ1v) is 8.99. The largest absolute Gasteiger partial charge is 0.481 e. The number of benzene rings is 1. The predicted molar refractivity (Wildman–Crippen MR) is 98.1 cm³/mol. The molecule has 1 aliphatic rings. The minimum absolute atomic E-state index is 0.0849. The summed E-state index contributed by atoms with van der Waals surface area (Å²) in [5.41, 5.74) is 3.77. The van der Waals surface area contributed by atoms with Crippen LogP contribution in [0.2, 0.25) is 0 Å². The van der Waals surface area contributed by atoms with Crippen molar-refractivity contribution in [1.29, 1.82) is 0 Å². The third-order valence-electron chi connectivity index (χ3n) is 4.78. The van der Waals surface area contributed by atoms with Crippen LogP contribution in [-0.2, 0) is 11.3 Å². The summed E-state index contributed by atoms with van der Waals surface area (Å²) >= 11 is 0. The van der Waals surface area contributed by atoms with Crippen LogP contribution in [0.1, 0.15) is 47.1 Å². The zero-order valence-electron chi connectivity index (χ0n) is 15.5. The Morgan fingerprint density at radius 3 is 2.42 bits per heavy atom. The first kappa shape index (κ1) is 18.2. The maximum atomic E-state index is 12.8. The van der Waals surface area contributed by atoms with Crippen LogP contribution >= 0.6 is 0 Å². The van der Waals surface area contributed by atoms with Gasteiger partial charge in [-0.1, -0.05) is 19.1 Å². The highest BCUT2D eigenvalue weighted by molar-refractivity contribution is 5.95. The molecule has 0 bridgehead atoms. The van der Waals surface area contributed by atoms with Crippen LogP contribution in [0.4, 0.5) is 0 Å². The molecule has 2 aromatic rings. The average Bonchev–Trinajstić information content (AvgIpc) is 3.38. The number of carbonyl (C=O) groups is 2. The van der Waals surface area contributed by atoms with E-state index < -0.39 is 11.9 Å². The fourth-order valence-corrected chi connectivity index (χ4v) is 3.08. The summed E-state index contributed by atoms with van der Waals surface area (Å²) in [6.07, 6.45) is 1.90. The molecule has 1 saturated carbocycles. The highest BCUT2D eigenvalue weighted by Crippen LogP contribution is 2.29. The predicted octanol–water partition coefficient (Wildman–Crippen LogP) is 2.87. The lowest BCUT2D eigenvalue weighted by Gasteiger charge is -2.24. The Labute approximate surface area is 153 Å². The van der Waals surface area contributed by atoms with Crippen molar-refractivity contribution in [2.45, 2.75) is 46.2 Å². The summed E-state index contributed by atoms with van der Waals surface area (Å²) in [7, 11) is 0. The number of carboxylic acid groups (broad SMARTS) is 1. The summed E-state index contributed by atoms with van der Waals surface area (Å²) in [4.78, 5) is 25.7. The van der Waals surface area contributed by atoms with Gasteiger partial charge in [0.2, 0.25) is 0 Å². The summed E-state index contributed by atoms with van der Waals surface area (Å²) < 4.78 is 1.94. The van der Waals surface area contributed by atoms with E-state index in [1.54, 1.807) is 11.8 Å². The minimum Gasteiger partial charge on any atom is -0.481 e. The summed E-state index contributed by atoms with van der Waals surface area (Å²) in [5, 5.41) is 13.6. The van der Waals surface area contributed by atoms with Crippen LogP contribution in [0, 0.1) is 19.8 Å². The lowest BCUT2D eigenvalue weighted by atomic mass is 10.1. The van der Waals surface area contributed by atoms with Gasteiger partial charge in [0, 0.05) is 23.8 Å². The molecular weight excluding hydrogens is 330 g/mol. The second-order valence-corrected chi connectivity index (χ2v) is 7.21. The lowest BCUT2D eigenvalue weighted by Crippen LogP contribution is -2.38. The molecule has 138 valence electrons. The second-order valence-electron chi connectivity index (χ2n) is 7.21. The zero-order valence-corrected chi connectivity index (χ0v) is 15.5. The van der Waals surface area contributed by atoms with Gasteiger partial charge in [0.05, 0.1) is 18.2 Å². The van der Waals surface area contributed by atoms with Crippen molar-refractivity contribution in [3.05, 3.63) is 52.8 Å². The van der Waals surface area contributed by atoms with Gasteiger partial charge in [-0.05, 0) is 50.5 Å². The number of rotatable bonds is 7. The quantitative estimate of drug-likeness (QED) is 0.829. The summed E-state index contributed by atoms with van der Waals surface area (Å²) in [6.45, 7) is 6.55. The molecule has 1 heterocycles. The monoisotopic (exact) mass is 355 g/mol. The molecule has 1 aromatic heterocycles. The Bertz CT molecular complexity index is 806. The fraction of sp³-hybridized carbons (Fsp3) is 0.450. The molecule has 26 heavy (non-hydrogen) atoms. The molecule has 0 spiro atoms. The summed E-state index contributed by atoms with van der Waals surface area (Å²) in [6, 6.07) is 9.74. The first-order valence-electron chi connectivity index (χ1n) is 8.99. The maximum Gasteiger partial charge on any atom is 0.308 e. The number of nitrogens with zero attached hydrogens (tertiary/aromatic N) is 3. The number of aromatic nitrogens is 2. The lowest BCUT2D eigenvalue weighted by molar-refractivity contribution is -0.141. The van der Waals surface area contributed by atoms with E-state index in [4.69, 9.17) is 5.11 Å². The Kier molecular flexibility index (Phi) is 5.11. The number of hydrogen-bond acceptors (Lipinski definition) is 3. The summed E-state index contributed by atoms with van der Waals surface area (Å²) in [5.74, 6) is -1.52. The van der Waals surface area contributed by atoms with E-state index in [1.807, 2.05) is 48.9 Å². The minimum atomic E-state index is -0.872. The highest BCUT2D eigenvalue weighted by atomic mass is 16.4. The van der Waals surface area contributed by atoms with Gasteiger partial charge in [0.15, 0.2) is 0 Å². The average molecular weight is 355 g/mol. The van der Waals surface area contributed by atoms with Gasteiger partial charge >= 0.3 is 5.97 Å². The van der Waals surface area contributed by atoms with Crippen LogP contribution in [0.15, 0.2) is 30.3 Å². The van der Waals surface area contributed by atoms with Crippen LogP contribution in [0.25, 0.3) is 0 Å². The second kappa shape index (κ2) is 7.32. The van der Waals surface area contributed by atoms with Crippen LogP contribution in [0.5, 0.6) is 0 Å². The number of aliphatic carboxylic acids is 1. The van der Waals surface area contributed by atoms with Gasteiger partial charge in [0.25, 0.3) is 5.91 Å². The van der Waals surface area contributed by atoms with Crippen molar-refractivity contribution in [1.82, 2.24) is 14.7 Å². The molecule has 1 aromatic carbocycles. The van der Waals surface area contributed by atoms with E-state index >= 15 is 0 Å². The van der Waals surface area contributed by atoms with Crippen molar-refractivity contribution in [3.63, 3.8) is 0 Å². The number of carbonyl (C=O) groups excluding carboxylic acids is 1. The van der Waals surface area contributed by atoms with Gasteiger partial charge in [-0.25, -0.2) is 0 Å². The highest BCUT2D eigenvalue weighted by Gasteiger charge is 2.34. The van der Waals surface area contributed by atoms with Crippen molar-refractivity contribution >= 4 is 11.9 Å². The van der Waals surface area contributed by atoms with E-state index in [9.17, 15) is 9.59 Å². The Morgan fingerprint density at radius 2 is 1.92 bits per heavy atom. The first-order chi connectivity index (χ1) is 12.3. The third kappa shape index (κ3) is 4.12. The van der Waals surface area contributed by atoms with Crippen LogP contribution in [-0.4, -0.2) is 44.3 Å². The van der Waals surface area contributed by atoms with Crippen LogP contribution in [0.3, 0.4) is 0 Å². The van der Waals surface area contributed by atoms with Gasteiger partial charge in [-0.3, -0.25) is 14.3 Å². The van der Waals surface area contributed by atoms with E-state index in [2.05, 4.69) is 5.10 Å². The van der Waals surface area contributed by atoms with Crippen molar-refractivity contribution in [2.24, 2.45) is 5.92 Å². The Balaban J connectivity index is 1.71. The molecule has 1 aliphatic carbocycles. The Morgan fingerprint density at radius 1 is 1.27 bits per heavy atom. The van der Waals surface area contributed by atoms with Gasteiger partial charge in [-0.2, -0.15) is 5.10 Å². The molecule has 3 rings (SSSR count). The topological polar surface area (TPSA) is 75.4 Å². The van der Waals surface area contributed by atoms with Gasteiger partial charge < -0.3 is 10.0 Å². The third-order valence-corrected chi connectivity index (χ3v) is 4.78. The SMILES string of the molecule is Cc1cc(C)n(Cc2ccc(C(=O)N(C[C@@H](C)C(=O)O)C3CC3)cc2)n1. The molecule has 6 heteroatoms. The molecule has 1 amide bonds. The standard InChI is InChI=1S/C20H25N3O3/c1-13(20(25)26)11-22(18-8-9-18)19(24)17-6-4-16(5-7-17)12-23-15(3)10-14(2)21-23/h4-7,10,13,18H,8-9,11-12H2,1-3H3,(H,25,26)/t13-/m1/s1. The number of aryl methyl sites for hydroxylation is 2. The van der Waals surface area contributed by atoms with E-state index in [1.165, 1.54) is 0 Å². The van der Waals surface area contributed by atoms with Gasteiger partial charge in [0.1, 0.15) is 0 Å².